The molecule has 0 radical (unpaired) electrons. The lowest BCUT2D eigenvalue weighted by Crippen LogP contribution is -2.34. The number of likely N-dealkylation sites (tertiary alicyclic amines) is 1. The Kier molecular flexibility index (Phi) is 6.44. The molecular formula is C24H27N3O4. The monoisotopic (exact) mass is 421 g/mol. The lowest BCUT2D eigenvalue weighted by atomic mass is 9.88. The molecule has 3 heterocycles. The molecule has 1 fully saturated rings. The van der Waals surface area contributed by atoms with Gasteiger partial charge in [-0.05, 0) is 55.1 Å². The Bertz CT molecular complexity index is 1070. The molecule has 1 saturated heterocycles. The van der Waals surface area contributed by atoms with Crippen LogP contribution in [-0.4, -0.2) is 62.7 Å². The van der Waals surface area contributed by atoms with E-state index < -0.39 is 12.6 Å². The number of rotatable bonds is 8. The molecule has 1 aromatic carbocycles. The van der Waals surface area contributed by atoms with E-state index in [2.05, 4.69) is 32.8 Å². The quantitative estimate of drug-likeness (QED) is 0.543. The van der Waals surface area contributed by atoms with Crippen LogP contribution in [0.3, 0.4) is 0 Å². The highest BCUT2D eigenvalue weighted by Crippen LogP contribution is 2.33. The molecule has 7 heteroatoms. The van der Waals surface area contributed by atoms with Gasteiger partial charge in [-0.25, -0.2) is 4.98 Å². The zero-order valence-corrected chi connectivity index (χ0v) is 17.4. The molecule has 1 aliphatic rings. The number of benzene rings is 1. The smallest absolute Gasteiger partial charge is 0.304 e. The second kappa shape index (κ2) is 9.41. The topological polar surface area (TPSA) is 95.7 Å². The first-order valence-corrected chi connectivity index (χ1v) is 10.7. The fourth-order valence-electron chi connectivity index (χ4n) is 4.40. The van der Waals surface area contributed by atoms with Crippen LogP contribution in [0.1, 0.15) is 46.7 Å². The van der Waals surface area contributed by atoms with Crippen molar-refractivity contribution < 1.29 is 19.8 Å². The third-order valence-corrected chi connectivity index (χ3v) is 6.14. The van der Waals surface area contributed by atoms with E-state index in [0.717, 1.165) is 37.1 Å². The van der Waals surface area contributed by atoms with E-state index in [1.807, 2.05) is 18.3 Å². The molecule has 0 amide bonds. The van der Waals surface area contributed by atoms with Gasteiger partial charge in [0.15, 0.2) is 5.78 Å². The highest BCUT2D eigenvalue weighted by atomic mass is 16.4. The summed E-state index contributed by atoms with van der Waals surface area (Å²) in [7, 11) is 0. The largest absolute Gasteiger partial charge is 0.481 e. The van der Waals surface area contributed by atoms with Gasteiger partial charge in [0, 0.05) is 36.4 Å². The highest BCUT2D eigenvalue weighted by Gasteiger charge is 2.23. The average molecular weight is 421 g/mol. The van der Waals surface area contributed by atoms with E-state index in [1.165, 1.54) is 10.9 Å². The van der Waals surface area contributed by atoms with Gasteiger partial charge in [0.25, 0.3) is 0 Å². The number of aliphatic carboxylic acids is 1. The number of pyridine rings is 1. The molecular weight excluding hydrogens is 394 g/mol. The Morgan fingerprint density at radius 1 is 1.06 bits per heavy atom. The predicted octanol–water partition coefficient (Wildman–Crippen LogP) is 2.91. The van der Waals surface area contributed by atoms with E-state index in [1.54, 1.807) is 12.1 Å². The van der Waals surface area contributed by atoms with Crippen LogP contribution in [0.25, 0.3) is 11.0 Å². The van der Waals surface area contributed by atoms with Crippen LogP contribution < -0.4 is 0 Å². The number of carboxylic acid groups (broad SMARTS) is 1. The molecule has 0 unspecified atom stereocenters. The van der Waals surface area contributed by atoms with Crippen molar-refractivity contribution in [1.29, 1.82) is 0 Å². The van der Waals surface area contributed by atoms with Gasteiger partial charge in [0.1, 0.15) is 12.3 Å². The van der Waals surface area contributed by atoms with Gasteiger partial charge in [-0.1, -0.05) is 24.3 Å². The first-order valence-electron chi connectivity index (χ1n) is 10.7. The number of carboxylic acids is 1. The molecule has 3 aromatic rings. The van der Waals surface area contributed by atoms with Crippen LogP contribution in [-0.2, 0) is 11.3 Å². The molecule has 7 nitrogen and oxygen atoms in total. The van der Waals surface area contributed by atoms with Crippen molar-refractivity contribution in [3.05, 3.63) is 65.5 Å². The maximum absolute atomic E-state index is 11.6. The number of carbonyl (C=O) groups is 2. The fourth-order valence-corrected chi connectivity index (χ4v) is 4.40. The van der Waals surface area contributed by atoms with Crippen molar-refractivity contribution in [1.82, 2.24) is 14.5 Å². The Labute approximate surface area is 180 Å². The molecule has 162 valence electrons. The average Bonchev–Trinajstić information content (AvgIpc) is 3.21. The number of carbonyl (C=O) groups excluding carboxylic acids is 1. The standard InChI is InChI=1S/C24H27N3O4/c28-16-22(29)19-3-1-17(2-4-19)15-27-14-8-21-20(5-10-25-24(21)27)18-6-11-26(12-7-18)13-9-23(30)31/h1-5,8,10,14,18,28H,6-7,9,11-13,15-16H2,(H,30,31). The highest BCUT2D eigenvalue weighted by molar-refractivity contribution is 5.96. The molecule has 1 aliphatic heterocycles. The number of aromatic nitrogens is 2. The molecule has 2 N–H and O–H groups in total. The van der Waals surface area contributed by atoms with E-state index >= 15 is 0 Å². The van der Waals surface area contributed by atoms with E-state index in [0.29, 0.717) is 24.6 Å². The molecule has 4 rings (SSSR count). The summed E-state index contributed by atoms with van der Waals surface area (Å²) in [6, 6.07) is 11.5. The second-order valence-corrected chi connectivity index (χ2v) is 8.12. The van der Waals surface area contributed by atoms with Crippen molar-refractivity contribution in [3.63, 3.8) is 0 Å². The van der Waals surface area contributed by atoms with Crippen LogP contribution >= 0.6 is 0 Å². The molecule has 2 aromatic heterocycles. The van der Waals surface area contributed by atoms with Crippen LogP contribution in [0.5, 0.6) is 0 Å². The number of piperidine rings is 1. The number of fused-ring (bicyclic) bond motifs is 1. The maximum atomic E-state index is 11.6. The summed E-state index contributed by atoms with van der Waals surface area (Å²) >= 11 is 0. The number of hydrogen-bond donors (Lipinski definition) is 2. The zero-order valence-electron chi connectivity index (χ0n) is 17.4. The van der Waals surface area contributed by atoms with Gasteiger partial charge in [-0.2, -0.15) is 0 Å². The molecule has 0 bridgehead atoms. The summed E-state index contributed by atoms with van der Waals surface area (Å²) in [6.07, 6.45) is 6.15. The Balaban J connectivity index is 1.47. The first kappa shape index (κ1) is 21.2. The summed E-state index contributed by atoms with van der Waals surface area (Å²) in [6.45, 7) is 2.63. The minimum absolute atomic E-state index is 0.197. The van der Waals surface area contributed by atoms with Crippen molar-refractivity contribution in [2.75, 3.05) is 26.2 Å². The van der Waals surface area contributed by atoms with Gasteiger partial charge in [0.05, 0.1) is 6.42 Å². The van der Waals surface area contributed by atoms with Gasteiger partial charge in [0.2, 0.25) is 0 Å². The molecule has 0 atom stereocenters. The fraction of sp³-hybridized carbons (Fsp3) is 0.375. The van der Waals surface area contributed by atoms with Crippen LogP contribution in [0.4, 0.5) is 0 Å². The van der Waals surface area contributed by atoms with Gasteiger partial charge < -0.3 is 19.7 Å². The van der Waals surface area contributed by atoms with Gasteiger partial charge in [-0.3, -0.25) is 9.59 Å². The van der Waals surface area contributed by atoms with Crippen molar-refractivity contribution in [3.8, 4) is 0 Å². The number of nitrogens with zero attached hydrogens (tertiary/aromatic N) is 3. The predicted molar refractivity (Wildman–Crippen MR) is 117 cm³/mol. The minimum atomic E-state index is -0.742. The maximum Gasteiger partial charge on any atom is 0.304 e. The molecule has 0 spiro atoms. The summed E-state index contributed by atoms with van der Waals surface area (Å²) in [5.41, 5.74) is 3.83. The van der Waals surface area contributed by atoms with Crippen LogP contribution in [0, 0.1) is 0 Å². The van der Waals surface area contributed by atoms with Gasteiger partial charge >= 0.3 is 5.97 Å². The van der Waals surface area contributed by atoms with E-state index in [4.69, 9.17) is 10.2 Å². The lowest BCUT2D eigenvalue weighted by Gasteiger charge is -2.32. The zero-order chi connectivity index (χ0) is 21.8. The molecule has 0 aliphatic carbocycles. The van der Waals surface area contributed by atoms with Gasteiger partial charge in [-0.15, -0.1) is 0 Å². The minimum Gasteiger partial charge on any atom is -0.481 e. The Hall–Kier alpha value is -3.03. The van der Waals surface area contributed by atoms with E-state index in [9.17, 15) is 9.59 Å². The SMILES string of the molecule is O=C(O)CCN1CCC(c2ccnc3c2ccn3Cc2ccc(C(=O)CO)cc2)CC1. The summed E-state index contributed by atoms with van der Waals surface area (Å²) < 4.78 is 2.11. The van der Waals surface area contributed by atoms with Crippen LogP contribution in [0.15, 0.2) is 48.8 Å². The van der Waals surface area contributed by atoms with Crippen molar-refractivity contribution in [2.24, 2.45) is 0 Å². The Morgan fingerprint density at radius 2 is 1.81 bits per heavy atom. The summed E-state index contributed by atoms with van der Waals surface area (Å²) in [5, 5.41) is 19.0. The summed E-state index contributed by atoms with van der Waals surface area (Å²) in [5.74, 6) is -0.571. The second-order valence-electron chi connectivity index (χ2n) is 8.12. The molecule has 0 saturated carbocycles. The number of hydrogen-bond acceptors (Lipinski definition) is 5. The third-order valence-electron chi connectivity index (χ3n) is 6.14. The number of ketones is 1. The van der Waals surface area contributed by atoms with Crippen molar-refractivity contribution in [2.45, 2.75) is 31.7 Å². The lowest BCUT2D eigenvalue weighted by molar-refractivity contribution is -0.137. The van der Waals surface area contributed by atoms with E-state index in [-0.39, 0.29) is 12.2 Å². The normalized spacial score (nSPS) is 15.4. The number of Topliss-reactive ketones (excluding diaryl/α,β-unsaturated/α-hetero) is 1. The Morgan fingerprint density at radius 3 is 2.48 bits per heavy atom. The number of aliphatic hydroxyl groups excluding tert-OH is 1. The first-order chi connectivity index (χ1) is 15.0. The summed E-state index contributed by atoms with van der Waals surface area (Å²) in [4.78, 5) is 29.3. The van der Waals surface area contributed by atoms with Crippen LogP contribution in [0.2, 0.25) is 0 Å². The third kappa shape index (κ3) is 4.84. The van der Waals surface area contributed by atoms with Crippen molar-refractivity contribution >= 4 is 22.8 Å². The molecule has 31 heavy (non-hydrogen) atoms. The number of aliphatic hydroxyl groups is 1.